The first-order valence-corrected chi connectivity index (χ1v) is 6.91. The van der Waals surface area contributed by atoms with Crippen LogP contribution in [0.25, 0.3) is 11.3 Å². The number of aryl methyl sites for hydroxylation is 1. The smallest absolute Gasteiger partial charge is 0.295 e. The Kier molecular flexibility index (Phi) is 4.11. The van der Waals surface area contributed by atoms with Gasteiger partial charge in [0.05, 0.1) is 5.69 Å². The minimum Gasteiger partial charge on any atom is -0.295 e. The SMILES string of the molecule is Cc1ccc(-c2[nH]n(CC(C)C)c(=O)c(=O)c2C)cc1F. The van der Waals surface area contributed by atoms with Crippen LogP contribution in [0, 0.1) is 25.6 Å². The maximum absolute atomic E-state index is 13.7. The fourth-order valence-corrected chi connectivity index (χ4v) is 2.19. The van der Waals surface area contributed by atoms with Gasteiger partial charge >= 0.3 is 5.56 Å². The van der Waals surface area contributed by atoms with E-state index in [1.54, 1.807) is 26.0 Å². The highest BCUT2D eigenvalue weighted by Gasteiger charge is 2.13. The van der Waals surface area contributed by atoms with Crippen molar-refractivity contribution in [2.24, 2.45) is 5.92 Å². The Morgan fingerprint density at radius 3 is 2.48 bits per heavy atom. The minimum absolute atomic E-state index is 0.212. The van der Waals surface area contributed by atoms with Gasteiger partial charge in [0.1, 0.15) is 5.82 Å². The third kappa shape index (κ3) is 2.96. The molecule has 21 heavy (non-hydrogen) atoms. The number of hydrogen-bond donors (Lipinski definition) is 1. The quantitative estimate of drug-likeness (QED) is 0.883. The Hall–Kier alpha value is -2.17. The molecule has 0 aliphatic rings. The van der Waals surface area contributed by atoms with Crippen molar-refractivity contribution >= 4 is 0 Å². The van der Waals surface area contributed by atoms with Crippen LogP contribution in [0.2, 0.25) is 0 Å². The fraction of sp³-hybridized carbons (Fsp3) is 0.375. The van der Waals surface area contributed by atoms with Crippen molar-refractivity contribution in [3.05, 3.63) is 55.7 Å². The van der Waals surface area contributed by atoms with Gasteiger partial charge in [0.2, 0.25) is 5.43 Å². The number of H-pyrrole nitrogens is 1. The van der Waals surface area contributed by atoms with E-state index in [1.807, 2.05) is 13.8 Å². The van der Waals surface area contributed by atoms with E-state index in [0.29, 0.717) is 28.9 Å². The molecule has 0 radical (unpaired) electrons. The Morgan fingerprint density at radius 2 is 1.90 bits per heavy atom. The van der Waals surface area contributed by atoms with Crippen LogP contribution >= 0.6 is 0 Å². The van der Waals surface area contributed by atoms with Crippen LogP contribution in [-0.2, 0) is 6.54 Å². The highest BCUT2D eigenvalue weighted by atomic mass is 19.1. The molecule has 1 aromatic heterocycles. The molecule has 1 N–H and O–H groups in total. The average Bonchev–Trinajstić information content (AvgIpc) is 2.42. The predicted molar refractivity (Wildman–Crippen MR) is 81.0 cm³/mol. The summed E-state index contributed by atoms with van der Waals surface area (Å²) in [5.74, 6) is -0.127. The summed E-state index contributed by atoms with van der Waals surface area (Å²) >= 11 is 0. The maximum atomic E-state index is 13.7. The van der Waals surface area contributed by atoms with E-state index in [9.17, 15) is 14.0 Å². The number of rotatable bonds is 3. The molecule has 112 valence electrons. The lowest BCUT2D eigenvalue weighted by Crippen LogP contribution is -2.39. The number of aromatic nitrogens is 2. The molecule has 2 aromatic rings. The van der Waals surface area contributed by atoms with Gasteiger partial charge in [-0.05, 0) is 31.4 Å². The molecule has 0 aliphatic heterocycles. The molecule has 1 heterocycles. The van der Waals surface area contributed by atoms with Gasteiger partial charge in [-0.3, -0.25) is 14.7 Å². The Labute approximate surface area is 122 Å². The van der Waals surface area contributed by atoms with Crippen LogP contribution in [0.4, 0.5) is 4.39 Å². The number of benzene rings is 1. The van der Waals surface area contributed by atoms with E-state index in [0.717, 1.165) is 0 Å². The first-order valence-electron chi connectivity index (χ1n) is 6.91. The Bertz CT molecular complexity index is 788. The number of halogens is 1. The summed E-state index contributed by atoms with van der Waals surface area (Å²) in [5.41, 5.74) is 0.768. The summed E-state index contributed by atoms with van der Waals surface area (Å²) in [6, 6.07) is 4.76. The lowest BCUT2D eigenvalue weighted by Gasteiger charge is -2.13. The van der Waals surface area contributed by atoms with Crippen LogP contribution in [0.5, 0.6) is 0 Å². The van der Waals surface area contributed by atoms with E-state index in [-0.39, 0.29) is 11.7 Å². The Morgan fingerprint density at radius 1 is 1.24 bits per heavy atom. The average molecular weight is 290 g/mol. The second-order valence-corrected chi connectivity index (χ2v) is 5.71. The van der Waals surface area contributed by atoms with Crippen molar-refractivity contribution < 1.29 is 4.39 Å². The number of nitrogens with one attached hydrogen (secondary N) is 1. The van der Waals surface area contributed by atoms with Crippen LogP contribution in [-0.4, -0.2) is 9.78 Å². The second-order valence-electron chi connectivity index (χ2n) is 5.71. The van der Waals surface area contributed by atoms with Crippen LogP contribution in [0.1, 0.15) is 25.0 Å². The second kappa shape index (κ2) is 5.68. The number of hydrogen-bond acceptors (Lipinski definition) is 2. The van der Waals surface area contributed by atoms with Gasteiger partial charge in [-0.1, -0.05) is 26.0 Å². The number of aromatic amines is 1. The van der Waals surface area contributed by atoms with Gasteiger partial charge in [-0.2, -0.15) is 0 Å². The molecule has 1 aromatic carbocycles. The summed E-state index contributed by atoms with van der Waals surface area (Å²) in [7, 11) is 0. The standard InChI is InChI=1S/C16H19FN2O2/c1-9(2)8-19-16(21)15(20)11(4)14(18-19)12-6-5-10(3)13(17)7-12/h5-7,9,18H,8H2,1-4H3. The highest BCUT2D eigenvalue weighted by molar-refractivity contribution is 5.62. The van der Waals surface area contributed by atoms with Gasteiger partial charge in [0.25, 0.3) is 0 Å². The molecule has 0 saturated carbocycles. The highest BCUT2D eigenvalue weighted by Crippen LogP contribution is 2.20. The zero-order chi connectivity index (χ0) is 15.7. The van der Waals surface area contributed by atoms with Crippen molar-refractivity contribution in [3.8, 4) is 11.3 Å². The normalized spacial score (nSPS) is 11.1. The fourth-order valence-electron chi connectivity index (χ4n) is 2.19. The van der Waals surface area contributed by atoms with Crippen molar-refractivity contribution in [2.45, 2.75) is 34.2 Å². The third-order valence-corrected chi connectivity index (χ3v) is 3.41. The molecule has 0 spiro atoms. The van der Waals surface area contributed by atoms with Gasteiger partial charge in [-0.25, -0.2) is 9.07 Å². The molecule has 0 atom stereocenters. The number of nitrogens with zero attached hydrogens (tertiary/aromatic N) is 1. The van der Waals surface area contributed by atoms with Crippen LogP contribution in [0.15, 0.2) is 27.8 Å². The molecule has 5 heteroatoms. The van der Waals surface area contributed by atoms with Crippen molar-refractivity contribution in [1.82, 2.24) is 9.78 Å². The predicted octanol–water partition coefficient (Wildman–Crippen LogP) is 2.62. The Balaban J connectivity index is 2.68. The first kappa shape index (κ1) is 15.2. The van der Waals surface area contributed by atoms with Gasteiger partial charge < -0.3 is 0 Å². The minimum atomic E-state index is -0.572. The zero-order valence-corrected chi connectivity index (χ0v) is 12.7. The van der Waals surface area contributed by atoms with E-state index in [4.69, 9.17) is 0 Å². The van der Waals surface area contributed by atoms with E-state index < -0.39 is 11.0 Å². The zero-order valence-electron chi connectivity index (χ0n) is 12.7. The molecule has 0 fully saturated rings. The molecular weight excluding hydrogens is 271 g/mol. The van der Waals surface area contributed by atoms with Crippen molar-refractivity contribution in [3.63, 3.8) is 0 Å². The summed E-state index contributed by atoms with van der Waals surface area (Å²) in [4.78, 5) is 24.0. The molecule has 0 aliphatic carbocycles. The summed E-state index contributed by atoms with van der Waals surface area (Å²) in [6.07, 6.45) is 0. The maximum Gasteiger partial charge on any atom is 0.312 e. The summed E-state index contributed by atoms with van der Waals surface area (Å²) in [5, 5.41) is 2.95. The molecule has 2 rings (SSSR count). The van der Waals surface area contributed by atoms with Gasteiger partial charge in [0.15, 0.2) is 0 Å². The van der Waals surface area contributed by atoms with Crippen LogP contribution < -0.4 is 11.0 Å². The van der Waals surface area contributed by atoms with Gasteiger partial charge in [-0.15, -0.1) is 0 Å². The van der Waals surface area contributed by atoms with E-state index in [2.05, 4.69) is 5.10 Å². The largest absolute Gasteiger partial charge is 0.312 e. The molecule has 0 unspecified atom stereocenters. The third-order valence-electron chi connectivity index (χ3n) is 3.41. The monoisotopic (exact) mass is 290 g/mol. The topological polar surface area (TPSA) is 54.9 Å². The summed E-state index contributed by atoms with van der Waals surface area (Å²) in [6.45, 7) is 7.57. The van der Waals surface area contributed by atoms with Crippen LogP contribution in [0.3, 0.4) is 0 Å². The lowest BCUT2D eigenvalue weighted by molar-refractivity contribution is 0.462. The molecule has 0 amide bonds. The van der Waals surface area contributed by atoms with Gasteiger partial charge in [0, 0.05) is 17.7 Å². The first-order chi connectivity index (χ1) is 9.81. The van der Waals surface area contributed by atoms with E-state index >= 15 is 0 Å². The van der Waals surface area contributed by atoms with Crippen molar-refractivity contribution in [2.75, 3.05) is 0 Å². The van der Waals surface area contributed by atoms with E-state index in [1.165, 1.54) is 10.7 Å². The molecule has 4 nitrogen and oxygen atoms in total. The van der Waals surface area contributed by atoms with Crippen molar-refractivity contribution in [1.29, 1.82) is 0 Å². The lowest BCUT2D eigenvalue weighted by atomic mass is 10.1. The summed E-state index contributed by atoms with van der Waals surface area (Å²) < 4.78 is 15.0. The molecule has 0 bridgehead atoms. The molecular formula is C16H19FN2O2. The molecule has 0 saturated heterocycles.